The van der Waals surface area contributed by atoms with E-state index in [-0.39, 0.29) is 0 Å². The highest BCUT2D eigenvalue weighted by molar-refractivity contribution is 7.81. The zero-order valence-corrected chi connectivity index (χ0v) is 12.5. The predicted molar refractivity (Wildman–Crippen MR) is 82.7 cm³/mol. The smallest absolute Gasteiger partial charge is 0.0569 e. The summed E-state index contributed by atoms with van der Waals surface area (Å²) in [5, 5.41) is 0. The topological polar surface area (TPSA) is 43.4 Å². The van der Waals surface area contributed by atoms with Gasteiger partial charge in [-0.05, 0) is 36.1 Å². The van der Waals surface area contributed by atoms with E-state index in [0.717, 1.165) is 35.3 Å². The van der Waals surface area contributed by atoms with Gasteiger partial charge in [0.05, 0.1) is 22.6 Å². The Balaban J connectivity index is 2.60. The van der Waals surface area contributed by atoms with Gasteiger partial charge < -0.3 is 4.55 Å². The number of hydrogen-bond donors (Lipinski definition) is 0. The van der Waals surface area contributed by atoms with Gasteiger partial charge in [-0.2, -0.15) is 0 Å². The third-order valence-corrected chi connectivity index (χ3v) is 4.02. The van der Waals surface area contributed by atoms with Gasteiger partial charge >= 0.3 is 0 Å². The number of nitrogens with zero attached hydrogens (tertiary/aromatic N) is 1. The van der Waals surface area contributed by atoms with Gasteiger partial charge in [-0.1, -0.05) is 50.2 Å². The number of para-hydroxylation sites is 2. The maximum Gasteiger partial charge on any atom is 0.0569 e. The van der Waals surface area contributed by atoms with Crippen molar-refractivity contribution < 1.29 is 8.76 Å². The minimum Gasteiger partial charge on any atom is -0.755 e. The van der Waals surface area contributed by atoms with Gasteiger partial charge in [0.2, 0.25) is 0 Å². The molecule has 0 saturated heterocycles. The number of benzene rings is 2. The molecule has 0 aliphatic heterocycles. The number of hydrogen-bond acceptors (Lipinski definition) is 2. The molecule has 0 heterocycles. The first-order valence-corrected chi connectivity index (χ1v) is 7.77. The lowest BCUT2D eigenvalue weighted by Gasteiger charge is -2.30. The van der Waals surface area contributed by atoms with Crippen LogP contribution in [0.15, 0.2) is 48.5 Å². The van der Waals surface area contributed by atoms with Crippen LogP contribution >= 0.6 is 0 Å². The van der Waals surface area contributed by atoms with Crippen molar-refractivity contribution in [2.75, 3.05) is 4.31 Å². The van der Waals surface area contributed by atoms with E-state index >= 15 is 0 Å². The van der Waals surface area contributed by atoms with Crippen molar-refractivity contribution in [2.24, 2.45) is 0 Å². The molecule has 1 unspecified atom stereocenters. The highest BCUT2D eigenvalue weighted by Crippen LogP contribution is 2.32. The van der Waals surface area contributed by atoms with Crippen LogP contribution in [0.1, 0.15) is 25.0 Å². The molecule has 0 aliphatic rings. The Kier molecular flexibility index (Phi) is 4.93. The molecule has 2 aromatic rings. The Bertz CT molecular complexity index is 565. The van der Waals surface area contributed by atoms with Crippen molar-refractivity contribution in [1.29, 1.82) is 0 Å². The fourth-order valence-corrected chi connectivity index (χ4v) is 2.98. The maximum absolute atomic E-state index is 11.8. The lowest BCUT2D eigenvalue weighted by atomic mass is 10.1. The standard InChI is InChI=1S/C16H19NO2S/c1-3-13-9-5-7-11-15(13)17(20(18)19)16-12-8-6-10-14(16)4-2/h5-12H,3-4H2,1-2H3,(H,18,19)/p-1. The third-order valence-electron chi connectivity index (χ3n) is 3.33. The van der Waals surface area contributed by atoms with Crippen molar-refractivity contribution in [1.82, 2.24) is 0 Å². The molecule has 0 N–H and O–H groups in total. The van der Waals surface area contributed by atoms with E-state index in [1.165, 1.54) is 4.31 Å². The molecule has 4 heteroatoms. The van der Waals surface area contributed by atoms with Gasteiger partial charge in [-0.15, -0.1) is 0 Å². The first kappa shape index (κ1) is 14.8. The first-order chi connectivity index (χ1) is 9.69. The molecular formula is C16H18NO2S-. The van der Waals surface area contributed by atoms with E-state index in [4.69, 9.17) is 0 Å². The Hall–Kier alpha value is -1.65. The average Bonchev–Trinajstić information content (AvgIpc) is 2.48. The van der Waals surface area contributed by atoms with E-state index in [1.54, 1.807) is 0 Å². The van der Waals surface area contributed by atoms with Crippen LogP contribution in [0, 0.1) is 0 Å². The van der Waals surface area contributed by atoms with Crippen LogP contribution in [-0.2, 0) is 24.1 Å². The normalized spacial score (nSPS) is 12.2. The largest absolute Gasteiger partial charge is 0.755 e. The lowest BCUT2D eigenvalue weighted by Crippen LogP contribution is -2.22. The highest BCUT2D eigenvalue weighted by Gasteiger charge is 2.15. The maximum atomic E-state index is 11.8. The number of aryl methyl sites for hydroxylation is 2. The van der Waals surface area contributed by atoms with Gasteiger partial charge in [0.15, 0.2) is 0 Å². The summed E-state index contributed by atoms with van der Waals surface area (Å²) in [5.74, 6) is 0. The summed E-state index contributed by atoms with van der Waals surface area (Å²) < 4.78 is 24.9. The van der Waals surface area contributed by atoms with Crippen molar-refractivity contribution in [3.8, 4) is 0 Å². The van der Waals surface area contributed by atoms with Crippen LogP contribution in [0.25, 0.3) is 0 Å². The van der Waals surface area contributed by atoms with Crippen LogP contribution in [-0.4, -0.2) is 8.76 Å². The lowest BCUT2D eigenvalue weighted by molar-refractivity contribution is 0.537. The molecular weight excluding hydrogens is 270 g/mol. The van der Waals surface area contributed by atoms with Crippen LogP contribution in [0.3, 0.4) is 0 Å². The zero-order chi connectivity index (χ0) is 14.5. The Morgan fingerprint density at radius 3 is 1.65 bits per heavy atom. The molecule has 0 fully saturated rings. The molecule has 3 nitrogen and oxygen atoms in total. The second kappa shape index (κ2) is 6.68. The van der Waals surface area contributed by atoms with Crippen molar-refractivity contribution in [3.05, 3.63) is 59.7 Å². The van der Waals surface area contributed by atoms with E-state index in [2.05, 4.69) is 0 Å². The fourth-order valence-electron chi connectivity index (χ4n) is 2.31. The molecule has 2 aromatic carbocycles. The molecule has 2 rings (SSSR count). The van der Waals surface area contributed by atoms with Crippen molar-refractivity contribution in [3.63, 3.8) is 0 Å². The summed E-state index contributed by atoms with van der Waals surface area (Å²) in [5.41, 5.74) is 3.48. The summed E-state index contributed by atoms with van der Waals surface area (Å²) >= 11 is -2.35. The van der Waals surface area contributed by atoms with Crippen LogP contribution in [0.5, 0.6) is 0 Å². The second-order valence-corrected chi connectivity index (χ2v) is 5.28. The first-order valence-electron chi connectivity index (χ1n) is 6.74. The van der Waals surface area contributed by atoms with E-state index < -0.39 is 11.3 Å². The van der Waals surface area contributed by atoms with Gasteiger partial charge in [0.1, 0.15) is 0 Å². The summed E-state index contributed by atoms with van der Waals surface area (Å²) in [6.45, 7) is 4.05. The molecule has 0 spiro atoms. The minimum absolute atomic E-state index is 0.726. The third kappa shape index (κ3) is 2.92. The zero-order valence-electron chi connectivity index (χ0n) is 11.7. The average molecular weight is 288 g/mol. The highest BCUT2D eigenvalue weighted by atomic mass is 32.2. The Morgan fingerprint density at radius 2 is 1.30 bits per heavy atom. The second-order valence-electron chi connectivity index (χ2n) is 4.48. The SMILES string of the molecule is CCc1ccccc1N(c1ccccc1CC)S(=O)[O-]. The van der Waals surface area contributed by atoms with E-state index in [0.29, 0.717) is 0 Å². The molecule has 0 aromatic heterocycles. The molecule has 0 radical (unpaired) electrons. The van der Waals surface area contributed by atoms with Crippen LogP contribution in [0.4, 0.5) is 11.4 Å². The van der Waals surface area contributed by atoms with Crippen molar-refractivity contribution >= 4 is 22.6 Å². The van der Waals surface area contributed by atoms with Gasteiger partial charge in [0, 0.05) is 0 Å². The van der Waals surface area contributed by atoms with Gasteiger partial charge in [0.25, 0.3) is 0 Å². The molecule has 0 bridgehead atoms. The fraction of sp³-hybridized carbons (Fsp3) is 0.250. The van der Waals surface area contributed by atoms with E-state index in [9.17, 15) is 8.76 Å². The van der Waals surface area contributed by atoms with Crippen molar-refractivity contribution in [2.45, 2.75) is 26.7 Å². The molecule has 20 heavy (non-hydrogen) atoms. The minimum atomic E-state index is -2.35. The van der Waals surface area contributed by atoms with Crippen LogP contribution in [0.2, 0.25) is 0 Å². The summed E-state index contributed by atoms with van der Waals surface area (Å²) in [4.78, 5) is 0. The van der Waals surface area contributed by atoms with Gasteiger partial charge in [-0.25, -0.2) is 0 Å². The van der Waals surface area contributed by atoms with Crippen LogP contribution < -0.4 is 4.31 Å². The van der Waals surface area contributed by atoms with Gasteiger partial charge in [-0.3, -0.25) is 8.51 Å². The Morgan fingerprint density at radius 1 is 0.900 bits per heavy atom. The predicted octanol–water partition coefficient (Wildman–Crippen LogP) is 3.74. The molecule has 0 aliphatic carbocycles. The molecule has 0 saturated carbocycles. The quantitative estimate of drug-likeness (QED) is 0.787. The number of rotatable bonds is 5. The number of anilines is 2. The summed E-state index contributed by atoms with van der Waals surface area (Å²) in [7, 11) is 0. The summed E-state index contributed by atoms with van der Waals surface area (Å²) in [6, 6.07) is 15.2. The molecule has 106 valence electrons. The Labute approximate surface area is 122 Å². The van der Waals surface area contributed by atoms with E-state index in [1.807, 2.05) is 62.4 Å². The monoisotopic (exact) mass is 288 g/mol. The molecule has 1 atom stereocenters. The summed E-state index contributed by atoms with van der Waals surface area (Å²) in [6.07, 6.45) is 1.58. The molecule has 0 amide bonds.